The van der Waals surface area contributed by atoms with Gasteiger partial charge in [-0.1, -0.05) is 11.6 Å². The molecule has 2 aromatic rings. The van der Waals surface area contributed by atoms with E-state index in [1.807, 2.05) is 0 Å². The first-order chi connectivity index (χ1) is 12.0. The zero-order chi connectivity index (χ0) is 19.8. The summed E-state index contributed by atoms with van der Waals surface area (Å²) in [5.41, 5.74) is -4.07. The molecule has 0 bridgehead atoms. The Hall–Kier alpha value is -3.41. The van der Waals surface area contributed by atoms with E-state index in [-0.39, 0.29) is 5.56 Å². The van der Waals surface area contributed by atoms with Crippen LogP contribution in [0.2, 0.25) is 5.02 Å². The summed E-state index contributed by atoms with van der Waals surface area (Å²) in [4.78, 5) is 29.7. The molecule has 0 aliphatic rings. The first-order valence-corrected chi connectivity index (χ1v) is 6.94. The average molecular weight is 389 g/mol. The van der Waals surface area contributed by atoms with Crippen LogP contribution in [0.1, 0.15) is 5.56 Å². The van der Waals surface area contributed by atoms with Crippen LogP contribution in [0.3, 0.4) is 0 Å². The van der Waals surface area contributed by atoms with Crippen molar-refractivity contribution in [3.63, 3.8) is 0 Å². The lowest BCUT2D eigenvalue weighted by molar-refractivity contribution is -0.393. The molecule has 0 heterocycles. The van der Waals surface area contributed by atoms with Crippen LogP contribution in [-0.2, 0) is 0 Å². The molecule has 0 radical (unpaired) electrons. The largest absolute Gasteiger partial charge is 0.345 e. The number of nitrogens with zero attached hydrogens (tertiary/aromatic N) is 3. The normalized spacial score (nSPS) is 10.5. The van der Waals surface area contributed by atoms with Gasteiger partial charge in [-0.15, -0.1) is 0 Å². The lowest BCUT2D eigenvalue weighted by Crippen LogP contribution is -2.05. The molecular formula is C13H7ClF2N4O6. The van der Waals surface area contributed by atoms with Crippen molar-refractivity contribution >= 4 is 40.0 Å². The van der Waals surface area contributed by atoms with E-state index < -0.39 is 59.9 Å². The highest BCUT2D eigenvalue weighted by Gasteiger charge is 2.29. The minimum absolute atomic E-state index is 0.204. The van der Waals surface area contributed by atoms with Gasteiger partial charge in [0, 0.05) is 5.56 Å². The standard InChI is InChI=1S/C13H7ClF2N4O6/c1-5-11(14)9(19(23)24)4-10(20(25)26)12(5)17-13-7(15)2-6(18(21)22)3-8(13)16/h2-4,17H,1H3. The second-order valence-electron chi connectivity index (χ2n) is 4.91. The van der Waals surface area contributed by atoms with E-state index >= 15 is 0 Å². The van der Waals surface area contributed by atoms with Gasteiger partial charge < -0.3 is 5.32 Å². The Labute approximate surface area is 147 Å². The minimum Gasteiger partial charge on any atom is -0.345 e. The van der Waals surface area contributed by atoms with Gasteiger partial charge in [0.1, 0.15) is 16.4 Å². The highest BCUT2D eigenvalue weighted by molar-refractivity contribution is 6.34. The van der Waals surface area contributed by atoms with E-state index in [1.54, 1.807) is 0 Å². The maximum atomic E-state index is 14.0. The molecule has 0 unspecified atom stereocenters. The zero-order valence-electron chi connectivity index (χ0n) is 12.7. The predicted octanol–water partition coefficient (Wildman–Crippen LogP) is 4.39. The zero-order valence-corrected chi connectivity index (χ0v) is 13.4. The summed E-state index contributed by atoms with van der Waals surface area (Å²) < 4.78 is 28.0. The van der Waals surface area contributed by atoms with Crippen LogP contribution < -0.4 is 5.32 Å². The van der Waals surface area contributed by atoms with E-state index in [9.17, 15) is 39.1 Å². The predicted molar refractivity (Wildman–Crippen MR) is 85.8 cm³/mol. The van der Waals surface area contributed by atoms with Crippen molar-refractivity contribution in [1.29, 1.82) is 0 Å². The van der Waals surface area contributed by atoms with Crippen molar-refractivity contribution in [2.45, 2.75) is 6.92 Å². The molecule has 0 saturated carbocycles. The topological polar surface area (TPSA) is 141 Å². The van der Waals surface area contributed by atoms with Crippen LogP contribution in [0, 0.1) is 48.9 Å². The van der Waals surface area contributed by atoms with Crippen LogP contribution in [0.25, 0.3) is 0 Å². The van der Waals surface area contributed by atoms with Crippen LogP contribution in [-0.4, -0.2) is 14.8 Å². The van der Waals surface area contributed by atoms with Gasteiger partial charge in [0.15, 0.2) is 11.6 Å². The monoisotopic (exact) mass is 388 g/mol. The van der Waals surface area contributed by atoms with Gasteiger partial charge in [0.25, 0.3) is 17.1 Å². The van der Waals surface area contributed by atoms with Gasteiger partial charge >= 0.3 is 0 Å². The van der Waals surface area contributed by atoms with Crippen molar-refractivity contribution < 1.29 is 23.6 Å². The second-order valence-corrected chi connectivity index (χ2v) is 5.29. The molecule has 0 spiro atoms. The number of rotatable bonds is 5. The summed E-state index contributed by atoms with van der Waals surface area (Å²) in [6.07, 6.45) is 0. The molecule has 10 nitrogen and oxygen atoms in total. The van der Waals surface area contributed by atoms with Crippen LogP contribution >= 0.6 is 11.6 Å². The molecule has 0 aliphatic carbocycles. The van der Waals surface area contributed by atoms with Crippen molar-refractivity contribution in [1.82, 2.24) is 0 Å². The molecule has 0 aromatic heterocycles. The molecule has 13 heteroatoms. The molecule has 1 N–H and O–H groups in total. The van der Waals surface area contributed by atoms with Gasteiger partial charge in [0.05, 0.1) is 33.0 Å². The van der Waals surface area contributed by atoms with Crippen LogP contribution in [0.5, 0.6) is 0 Å². The van der Waals surface area contributed by atoms with Crippen molar-refractivity contribution in [3.8, 4) is 0 Å². The lowest BCUT2D eigenvalue weighted by atomic mass is 10.1. The molecule has 136 valence electrons. The fraction of sp³-hybridized carbons (Fsp3) is 0.0769. The van der Waals surface area contributed by atoms with Crippen LogP contribution in [0.15, 0.2) is 18.2 Å². The first kappa shape index (κ1) is 18.9. The summed E-state index contributed by atoms with van der Waals surface area (Å²) in [7, 11) is 0. The van der Waals surface area contributed by atoms with Crippen molar-refractivity contribution in [2.75, 3.05) is 5.32 Å². The maximum Gasteiger partial charge on any atom is 0.299 e. The summed E-state index contributed by atoms with van der Waals surface area (Å²) in [6, 6.07) is 1.37. The Morgan fingerprint density at radius 2 is 1.38 bits per heavy atom. The highest BCUT2D eigenvalue weighted by atomic mass is 35.5. The van der Waals surface area contributed by atoms with Crippen molar-refractivity contribution in [3.05, 3.63) is 70.8 Å². The maximum absolute atomic E-state index is 14.0. The number of nitro benzene ring substituents is 3. The molecule has 2 rings (SSSR count). The summed E-state index contributed by atoms with van der Waals surface area (Å²) in [5, 5.41) is 34.4. The van der Waals surface area contributed by atoms with Gasteiger partial charge in [-0.3, -0.25) is 30.3 Å². The molecule has 0 atom stereocenters. The second kappa shape index (κ2) is 6.84. The average Bonchev–Trinajstić information content (AvgIpc) is 2.53. The quantitative estimate of drug-likeness (QED) is 0.591. The molecular weight excluding hydrogens is 382 g/mol. The Kier molecular flexibility index (Phi) is 4.98. The highest BCUT2D eigenvalue weighted by Crippen LogP contribution is 2.42. The summed E-state index contributed by atoms with van der Waals surface area (Å²) in [6.45, 7) is 1.17. The number of anilines is 2. The Balaban J connectivity index is 2.67. The number of nitrogens with one attached hydrogen (secondary N) is 1. The van der Waals surface area contributed by atoms with Gasteiger partial charge in [-0.25, -0.2) is 8.78 Å². The van der Waals surface area contributed by atoms with E-state index in [4.69, 9.17) is 11.6 Å². The molecule has 2 aromatic carbocycles. The van der Waals surface area contributed by atoms with Gasteiger partial charge in [0.2, 0.25) is 0 Å². The van der Waals surface area contributed by atoms with Gasteiger partial charge in [-0.05, 0) is 6.92 Å². The fourth-order valence-electron chi connectivity index (χ4n) is 2.10. The Morgan fingerprint density at radius 3 is 1.81 bits per heavy atom. The fourth-order valence-corrected chi connectivity index (χ4v) is 2.32. The number of hydrogen-bond donors (Lipinski definition) is 1. The Bertz CT molecular complexity index is 945. The van der Waals surface area contributed by atoms with E-state index in [2.05, 4.69) is 5.32 Å². The molecule has 0 fully saturated rings. The Morgan fingerprint density at radius 1 is 0.885 bits per heavy atom. The molecule has 0 amide bonds. The van der Waals surface area contributed by atoms with E-state index in [1.165, 1.54) is 6.92 Å². The third-order valence-corrected chi connectivity index (χ3v) is 3.82. The first-order valence-electron chi connectivity index (χ1n) is 6.57. The van der Waals surface area contributed by atoms with Crippen molar-refractivity contribution in [2.24, 2.45) is 0 Å². The number of benzene rings is 2. The molecule has 0 aliphatic heterocycles. The molecule has 0 saturated heterocycles. The SMILES string of the molecule is Cc1c(Cl)c([N+](=O)[O-])cc([N+](=O)[O-])c1Nc1c(F)cc([N+](=O)[O-])cc1F. The van der Waals surface area contributed by atoms with E-state index in [0.29, 0.717) is 18.2 Å². The third kappa shape index (κ3) is 3.35. The summed E-state index contributed by atoms with van der Waals surface area (Å²) in [5.74, 6) is -2.78. The number of halogens is 3. The number of nitro groups is 3. The minimum atomic E-state index is -1.39. The van der Waals surface area contributed by atoms with E-state index in [0.717, 1.165) is 0 Å². The molecule has 26 heavy (non-hydrogen) atoms. The van der Waals surface area contributed by atoms with Gasteiger partial charge in [-0.2, -0.15) is 0 Å². The lowest BCUT2D eigenvalue weighted by Gasteiger charge is -2.13. The smallest absolute Gasteiger partial charge is 0.299 e. The summed E-state index contributed by atoms with van der Waals surface area (Å²) >= 11 is 5.80. The number of non-ortho nitro benzene ring substituents is 1. The third-order valence-electron chi connectivity index (χ3n) is 3.34. The van der Waals surface area contributed by atoms with Crippen LogP contribution in [0.4, 0.5) is 37.2 Å². The number of hydrogen-bond acceptors (Lipinski definition) is 7.